The first kappa shape index (κ1) is 9.44. The molecule has 1 N–H and O–H groups in total. The maximum absolute atomic E-state index is 11.7. The van der Waals surface area contributed by atoms with Crippen molar-refractivity contribution in [3.63, 3.8) is 0 Å². The Morgan fingerprint density at radius 3 is 2.23 bits per heavy atom. The van der Waals surface area contributed by atoms with Crippen molar-refractivity contribution >= 4 is 5.90 Å². The first-order valence-electron chi connectivity index (χ1n) is 3.40. The van der Waals surface area contributed by atoms with Crippen LogP contribution in [0.5, 0.6) is 5.75 Å². The van der Waals surface area contributed by atoms with Gasteiger partial charge >= 0.3 is 6.61 Å². The van der Waals surface area contributed by atoms with Crippen molar-refractivity contribution in [2.24, 2.45) is 0 Å². The van der Waals surface area contributed by atoms with Gasteiger partial charge in [0.05, 0.1) is 0 Å². The normalized spacial score (nSPS) is 10.1. The number of hydrogen-bond donors (Lipinski definition) is 1. The zero-order valence-corrected chi connectivity index (χ0v) is 6.46. The molecule has 0 saturated carbocycles. The van der Waals surface area contributed by atoms with Gasteiger partial charge < -0.3 is 15.3 Å². The number of benzene rings is 1. The first-order valence-corrected chi connectivity index (χ1v) is 3.40. The fourth-order valence-electron chi connectivity index (χ4n) is 0.788. The van der Waals surface area contributed by atoms with Crippen molar-refractivity contribution in [2.75, 3.05) is 0 Å². The molecule has 0 aliphatic heterocycles. The Morgan fingerprint density at radius 2 is 1.85 bits per heavy atom. The Bertz CT molecular complexity index is 298. The van der Waals surface area contributed by atoms with Gasteiger partial charge in [0.15, 0.2) is 0 Å². The molecule has 0 amide bonds. The Morgan fingerprint density at radius 1 is 1.31 bits per heavy atom. The van der Waals surface area contributed by atoms with Crippen LogP contribution >= 0.6 is 0 Å². The Balaban J connectivity index is 2.75. The lowest BCUT2D eigenvalue weighted by Gasteiger charge is -2.08. The van der Waals surface area contributed by atoms with Gasteiger partial charge in [-0.3, -0.25) is 0 Å². The summed E-state index contributed by atoms with van der Waals surface area (Å²) < 4.78 is 27.3. The van der Waals surface area contributed by atoms with E-state index in [2.05, 4.69) is 4.74 Å². The highest BCUT2D eigenvalue weighted by atomic mass is 19.3. The highest BCUT2D eigenvalue weighted by molar-refractivity contribution is 5.87. The van der Waals surface area contributed by atoms with Crippen LogP contribution in [0.2, 0.25) is 0 Å². The molecule has 0 aromatic heterocycles. The topological polar surface area (TPSA) is 56.1 Å². The summed E-state index contributed by atoms with van der Waals surface area (Å²) >= 11 is 0. The molecule has 0 atom stereocenters. The maximum Gasteiger partial charge on any atom is 0.387 e. The van der Waals surface area contributed by atoms with Crippen molar-refractivity contribution < 1.29 is 18.6 Å². The van der Waals surface area contributed by atoms with Gasteiger partial charge in [-0.1, -0.05) is 12.1 Å². The van der Waals surface area contributed by atoms with Crippen LogP contribution < -0.4 is 9.84 Å². The lowest BCUT2D eigenvalue weighted by Crippen LogP contribution is -2.16. The Hall–Kier alpha value is -1.65. The van der Waals surface area contributed by atoms with Crippen LogP contribution in [0.3, 0.4) is 0 Å². The van der Waals surface area contributed by atoms with E-state index in [1.807, 2.05) is 0 Å². The molecule has 0 aliphatic carbocycles. The monoisotopic (exact) mass is 186 g/mol. The quantitative estimate of drug-likeness (QED) is 0.565. The minimum Gasteiger partial charge on any atom is -0.859 e. The summed E-state index contributed by atoms with van der Waals surface area (Å²) in [6.45, 7) is -2.88. The molecule has 13 heavy (non-hydrogen) atoms. The minimum atomic E-state index is -2.88. The summed E-state index contributed by atoms with van der Waals surface area (Å²) in [5, 5.41) is 17.2. The fraction of sp³-hybridized carbons (Fsp3) is 0.125. The fourth-order valence-corrected chi connectivity index (χ4v) is 0.788. The molecular formula is C8H6F2NO2-. The summed E-state index contributed by atoms with van der Waals surface area (Å²) in [5.41, 5.74) is 0.140. The van der Waals surface area contributed by atoms with E-state index in [0.717, 1.165) is 0 Å². The molecule has 0 unspecified atom stereocenters. The summed E-state index contributed by atoms with van der Waals surface area (Å²) in [6, 6.07) is 4.95. The molecular weight excluding hydrogens is 180 g/mol. The summed E-state index contributed by atoms with van der Waals surface area (Å²) in [7, 11) is 0. The van der Waals surface area contributed by atoms with Crippen molar-refractivity contribution in [3.05, 3.63) is 29.8 Å². The van der Waals surface area contributed by atoms with Crippen LogP contribution in [0.15, 0.2) is 24.3 Å². The average Bonchev–Trinajstić information content (AvgIpc) is 2.04. The SMILES string of the molecule is N=C([O-])c1ccc(OC(F)F)cc1. The van der Waals surface area contributed by atoms with Gasteiger partial charge in [-0.2, -0.15) is 8.78 Å². The molecule has 3 nitrogen and oxygen atoms in total. The molecule has 0 spiro atoms. The van der Waals surface area contributed by atoms with Gasteiger partial charge in [-0.05, 0) is 23.6 Å². The Labute approximate surface area is 73.1 Å². The lowest BCUT2D eigenvalue weighted by molar-refractivity contribution is -0.214. The highest BCUT2D eigenvalue weighted by Crippen LogP contribution is 2.14. The van der Waals surface area contributed by atoms with E-state index in [-0.39, 0.29) is 11.3 Å². The third-order valence-corrected chi connectivity index (χ3v) is 1.34. The largest absolute Gasteiger partial charge is 0.859 e. The number of ether oxygens (including phenoxy) is 1. The smallest absolute Gasteiger partial charge is 0.387 e. The average molecular weight is 186 g/mol. The molecule has 0 bridgehead atoms. The van der Waals surface area contributed by atoms with Gasteiger partial charge in [0.2, 0.25) is 0 Å². The van der Waals surface area contributed by atoms with Gasteiger partial charge in [0.1, 0.15) is 5.75 Å². The molecule has 1 aromatic rings. The van der Waals surface area contributed by atoms with Crippen LogP contribution in [0.4, 0.5) is 8.78 Å². The zero-order chi connectivity index (χ0) is 9.84. The number of rotatable bonds is 3. The number of halogens is 2. The van der Waals surface area contributed by atoms with Crippen LogP contribution in [0.25, 0.3) is 0 Å². The van der Waals surface area contributed by atoms with Crippen LogP contribution in [-0.2, 0) is 0 Å². The van der Waals surface area contributed by atoms with E-state index in [9.17, 15) is 13.9 Å². The van der Waals surface area contributed by atoms with Gasteiger partial charge in [0, 0.05) is 0 Å². The molecule has 0 heterocycles. The third-order valence-electron chi connectivity index (χ3n) is 1.34. The number of hydrogen-bond acceptors (Lipinski definition) is 3. The second-order valence-corrected chi connectivity index (χ2v) is 2.23. The molecule has 70 valence electrons. The number of alkyl halides is 2. The van der Waals surface area contributed by atoms with Gasteiger partial charge in [-0.25, -0.2) is 0 Å². The lowest BCUT2D eigenvalue weighted by atomic mass is 10.2. The molecule has 5 heteroatoms. The minimum absolute atomic E-state index is 0.0278. The predicted octanol–water partition coefficient (Wildman–Crippen LogP) is 0.974. The third kappa shape index (κ3) is 2.70. The Kier molecular flexibility index (Phi) is 2.79. The van der Waals surface area contributed by atoms with Crippen molar-refractivity contribution in [2.45, 2.75) is 6.61 Å². The van der Waals surface area contributed by atoms with Crippen LogP contribution in [0.1, 0.15) is 5.56 Å². The molecule has 1 aromatic carbocycles. The van der Waals surface area contributed by atoms with Crippen molar-refractivity contribution in [1.82, 2.24) is 0 Å². The van der Waals surface area contributed by atoms with E-state index < -0.39 is 12.5 Å². The highest BCUT2D eigenvalue weighted by Gasteiger charge is 2.02. The first-order chi connectivity index (χ1) is 6.09. The molecule has 0 saturated heterocycles. The molecule has 0 fully saturated rings. The van der Waals surface area contributed by atoms with Crippen molar-refractivity contribution in [1.29, 1.82) is 5.41 Å². The second kappa shape index (κ2) is 3.84. The summed E-state index contributed by atoms with van der Waals surface area (Å²) in [4.78, 5) is 0. The van der Waals surface area contributed by atoms with Crippen LogP contribution in [0, 0.1) is 5.41 Å². The number of nitrogens with one attached hydrogen (secondary N) is 1. The van der Waals surface area contributed by atoms with E-state index in [4.69, 9.17) is 5.41 Å². The second-order valence-electron chi connectivity index (χ2n) is 2.23. The van der Waals surface area contributed by atoms with Gasteiger partial charge in [-0.15, -0.1) is 0 Å². The molecule has 0 radical (unpaired) electrons. The van der Waals surface area contributed by atoms with Crippen molar-refractivity contribution in [3.8, 4) is 5.75 Å². The van der Waals surface area contributed by atoms with Crippen LogP contribution in [-0.4, -0.2) is 12.5 Å². The predicted molar refractivity (Wildman–Crippen MR) is 39.9 cm³/mol. The molecule has 0 aliphatic rings. The maximum atomic E-state index is 11.7. The summed E-state index contributed by atoms with van der Waals surface area (Å²) in [6.07, 6.45) is 0. The zero-order valence-electron chi connectivity index (χ0n) is 6.46. The van der Waals surface area contributed by atoms with E-state index in [1.54, 1.807) is 0 Å². The van der Waals surface area contributed by atoms with E-state index >= 15 is 0 Å². The van der Waals surface area contributed by atoms with Gasteiger partial charge in [0.25, 0.3) is 0 Å². The summed E-state index contributed by atoms with van der Waals surface area (Å²) in [5.74, 6) is -0.886. The van der Waals surface area contributed by atoms with E-state index in [1.165, 1.54) is 24.3 Å². The standard InChI is InChI=1S/C8H7F2NO2/c9-8(10)13-6-3-1-5(2-4-6)7(11)12/h1-4,8H,(H2,11,12)/p-1. The van der Waals surface area contributed by atoms with E-state index in [0.29, 0.717) is 0 Å². The molecule has 1 rings (SSSR count).